The van der Waals surface area contributed by atoms with E-state index in [-0.39, 0.29) is 23.8 Å². The molecule has 0 spiro atoms. The van der Waals surface area contributed by atoms with E-state index in [1.165, 1.54) is 12.1 Å². The zero-order chi connectivity index (χ0) is 26.0. The summed E-state index contributed by atoms with van der Waals surface area (Å²) in [7, 11) is 0. The second kappa shape index (κ2) is 10.8. The Hall–Kier alpha value is -2.29. The highest BCUT2D eigenvalue weighted by Crippen LogP contribution is 2.39. The van der Waals surface area contributed by atoms with Crippen LogP contribution in [0.1, 0.15) is 65.0 Å². The Labute approximate surface area is 206 Å². The number of alkyl carbamates (subject to hydrolysis) is 1. The SMILES string of the molecule is CC(C)C[C@H](NC(=O)OC(C)(C)C)C(=O)N[C@H]1CC[C@@H]2CN(Cc3cccc(C(F)(F)F)c3)C[C@@H]21. The molecule has 9 heteroatoms. The van der Waals surface area contributed by atoms with E-state index in [0.717, 1.165) is 32.0 Å². The van der Waals surface area contributed by atoms with E-state index in [4.69, 9.17) is 4.74 Å². The molecular weight excluding hydrogens is 459 g/mol. The van der Waals surface area contributed by atoms with Gasteiger partial charge in [-0.3, -0.25) is 9.69 Å². The highest BCUT2D eigenvalue weighted by Gasteiger charge is 2.43. The second-order valence-corrected chi connectivity index (χ2v) is 11.3. The van der Waals surface area contributed by atoms with Crippen molar-refractivity contribution in [2.24, 2.45) is 17.8 Å². The van der Waals surface area contributed by atoms with E-state index in [0.29, 0.717) is 24.4 Å². The molecule has 2 aliphatic rings. The number of amides is 2. The molecule has 1 heterocycles. The summed E-state index contributed by atoms with van der Waals surface area (Å²) in [6.07, 6.45) is -2.65. The maximum atomic E-state index is 13.1. The summed E-state index contributed by atoms with van der Waals surface area (Å²) >= 11 is 0. The van der Waals surface area contributed by atoms with Crippen molar-refractivity contribution in [3.63, 3.8) is 0 Å². The number of carbonyl (C=O) groups excluding carboxylic acids is 2. The molecule has 1 saturated heterocycles. The fraction of sp³-hybridized carbons (Fsp3) is 0.692. The highest BCUT2D eigenvalue weighted by atomic mass is 19.4. The molecule has 2 N–H and O–H groups in total. The van der Waals surface area contributed by atoms with Crippen LogP contribution < -0.4 is 10.6 Å². The third-order valence-electron chi connectivity index (χ3n) is 6.64. The predicted molar refractivity (Wildman–Crippen MR) is 127 cm³/mol. The third-order valence-corrected chi connectivity index (χ3v) is 6.64. The molecule has 35 heavy (non-hydrogen) atoms. The van der Waals surface area contributed by atoms with Crippen molar-refractivity contribution in [2.45, 2.75) is 84.3 Å². The minimum absolute atomic E-state index is 0.0193. The molecule has 1 saturated carbocycles. The van der Waals surface area contributed by atoms with Crippen molar-refractivity contribution in [1.29, 1.82) is 0 Å². The van der Waals surface area contributed by atoms with Crippen LogP contribution >= 0.6 is 0 Å². The summed E-state index contributed by atoms with van der Waals surface area (Å²) in [5.41, 5.74) is -0.652. The van der Waals surface area contributed by atoms with Gasteiger partial charge < -0.3 is 15.4 Å². The second-order valence-electron chi connectivity index (χ2n) is 11.3. The quantitative estimate of drug-likeness (QED) is 0.558. The normalized spacial score (nSPS) is 23.7. The van der Waals surface area contributed by atoms with Crippen LogP contribution in [0, 0.1) is 17.8 Å². The smallest absolute Gasteiger partial charge is 0.416 e. The van der Waals surface area contributed by atoms with Crippen LogP contribution in [-0.4, -0.2) is 47.7 Å². The molecular formula is C26H38F3N3O3. The van der Waals surface area contributed by atoms with Crippen LogP contribution in [0.25, 0.3) is 0 Å². The number of fused-ring (bicyclic) bond motifs is 1. The highest BCUT2D eigenvalue weighted by molar-refractivity contribution is 5.86. The number of ether oxygens (including phenoxy) is 1. The molecule has 196 valence electrons. The van der Waals surface area contributed by atoms with Crippen LogP contribution in [0.5, 0.6) is 0 Å². The van der Waals surface area contributed by atoms with Crippen LogP contribution in [-0.2, 0) is 22.3 Å². The topological polar surface area (TPSA) is 70.7 Å². The Morgan fingerprint density at radius 2 is 1.86 bits per heavy atom. The van der Waals surface area contributed by atoms with Gasteiger partial charge in [-0.15, -0.1) is 0 Å². The molecule has 3 rings (SSSR count). The number of nitrogens with one attached hydrogen (secondary N) is 2. The zero-order valence-electron chi connectivity index (χ0n) is 21.2. The number of alkyl halides is 3. The van der Waals surface area contributed by atoms with Gasteiger partial charge >= 0.3 is 12.3 Å². The van der Waals surface area contributed by atoms with E-state index in [9.17, 15) is 22.8 Å². The molecule has 0 unspecified atom stereocenters. The average Bonchev–Trinajstić information content (AvgIpc) is 3.26. The van der Waals surface area contributed by atoms with E-state index in [1.807, 2.05) is 13.8 Å². The number of hydrogen-bond acceptors (Lipinski definition) is 4. The fourth-order valence-corrected chi connectivity index (χ4v) is 5.21. The van der Waals surface area contributed by atoms with Crippen molar-refractivity contribution in [3.05, 3.63) is 35.4 Å². The number of hydrogen-bond donors (Lipinski definition) is 2. The Morgan fingerprint density at radius 1 is 1.14 bits per heavy atom. The van der Waals surface area contributed by atoms with Gasteiger partial charge in [-0.2, -0.15) is 13.2 Å². The number of carbonyl (C=O) groups is 2. The molecule has 1 aromatic rings. The van der Waals surface area contributed by atoms with Gasteiger partial charge in [0.25, 0.3) is 0 Å². The molecule has 0 aromatic heterocycles. The third kappa shape index (κ3) is 7.85. The van der Waals surface area contributed by atoms with E-state index < -0.39 is 29.5 Å². The first-order valence-corrected chi connectivity index (χ1v) is 12.4. The van der Waals surface area contributed by atoms with E-state index >= 15 is 0 Å². The molecule has 0 radical (unpaired) electrons. The first-order valence-electron chi connectivity index (χ1n) is 12.4. The lowest BCUT2D eigenvalue weighted by molar-refractivity contribution is -0.137. The van der Waals surface area contributed by atoms with Crippen LogP contribution in [0.4, 0.5) is 18.0 Å². The summed E-state index contributed by atoms with van der Waals surface area (Å²) < 4.78 is 44.5. The van der Waals surface area contributed by atoms with Gasteiger partial charge in [-0.25, -0.2) is 4.79 Å². The minimum atomic E-state index is -4.35. The number of rotatable bonds is 7. The molecule has 0 bridgehead atoms. The van der Waals surface area contributed by atoms with E-state index in [2.05, 4.69) is 15.5 Å². The lowest BCUT2D eigenvalue weighted by atomic mass is 9.97. The van der Waals surface area contributed by atoms with Crippen molar-refractivity contribution >= 4 is 12.0 Å². The van der Waals surface area contributed by atoms with Gasteiger partial charge in [0.1, 0.15) is 11.6 Å². The molecule has 4 atom stereocenters. The van der Waals surface area contributed by atoms with Crippen LogP contribution in [0.3, 0.4) is 0 Å². The molecule has 1 aliphatic carbocycles. The van der Waals surface area contributed by atoms with Crippen LogP contribution in [0.15, 0.2) is 24.3 Å². The average molecular weight is 498 g/mol. The van der Waals surface area contributed by atoms with Crippen molar-refractivity contribution in [3.8, 4) is 0 Å². The summed E-state index contributed by atoms with van der Waals surface area (Å²) in [5.74, 6) is 0.623. The van der Waals surface area contributed by atoms with Crippen molar-refractivity contribution in [1.82, 2.24) is 15.5 Å². The summed E-state index contributed by atoms with van der Waals surface area (Å²) in [4.78, 5) is 27.6. The Morgan fingerprint density at radius 3 is 2.49 bits per heavy atom. The maximum Gasteiger partial charge on any atom is 0.416 e. The zero-order valence-corrected chi connectivity index (χ0v) is 21.2. The van der Waals surface area contributed by atoms with Gasteiger partial charge in [0.05, 0.1) is 5.56 Å². The van der Waals surface area contributed by atoms with Crippen molar-refractivity contribution in [2.75, 3.05) is 13.1 Å². The molecule has 1 aliphatic heterocycles. The standard InChI is InChI=1S/C26H38F3N3O3/c1-16(2)11-22(31-24(34)35-25(3,4)5)23(33)30-21-10-9-18-14-32(15-20(18)21)13-17-7-6-8-19(12-17)26(27,28)29/h6-8,12,16,18,20-22H,9-11,13-15H2,1-5H3,(H,30,33)(H,31,34)/t18-,20+,21+,22+/m1/s1. The first kappa shape index (κ1) is 27.3. The lowest BCUT2D eigenvalue weighted by Crippen LogP contribution is -2.52. The van der Waals surface area contributed by atoms with Gasteiger partial charge in [-0.05, 0) is 69.4 Å². The maximum absolute atomic E-state index is 13.1. The largest absolute Gasteiger partial charge is 0.444 e. The fourth-order valence-electron chi connectivity index (χ4n) is 5.21. The van der Waals surface area contributed by atoms with Gasteiger partial charge in [0, 0.05) is 25.7 Å². The van der Waals surface area contributed by atoms with Gasteiger partial charge in [0.15, 0.2) is 0 Å². The van der Waals surface area contributed by atoms with Gasteiger partial charge in [-0.1, -0.05) is 32.0 Å². The van der Waals surface area contributed by atoms with Crippen LogP contribution in [0.2, 0.25) is 0 Å². The Bertz CT molecular complexity index is 898. The first-order chi connectivity index (χ1) is 16.2. The number of benzene rings is 1. The number of likely N-dealkylation sites (tertiary alicyclic amines) is 1. The molecule has 6 nitrogen and oxygen atoms in total. The lowest BCUT2D eigenvalue weighted by Gasteiger charge is -2.27. The Balaban J connectivity index is 1.59. The van der Waals surface area contributed by atoms with E-state index in [1.54, 1.807) is 26.8 Å². The van der Waals surface area contributed by atoms with Gasteiger partial charge in [0.2, 0.25) is 5.91 Å². The van der Waals surface area contributed by atoms with Crippen molar-refractivity contribution < 1.29 is 27.5 Å². The number of nitrogens with zero attached hydrogens (tertiary/aromatic N) is 1. The number of halogens is 3. The minimum Gasteiger partial charge on any atom is -0.444 e. The summed E-state index contributed by atoms with van der Waals surface area (Å²) in [6.45, 7) is 11.3. The Kier molecular flexibility index (Phi) is 8.40. The molecule has 2 fully saturated rings. The monoisotopic (exact) mass is 497 g/mol. The summed E-state index contributed by atoms with van der Waals surface area (Å²) in [5, 5.41) is 5.87. The molecule has 1 aromatic carbocycles. The predicted octanol–water partition coefficient (Wildman–Crippen LogP) is 4.97. The molecule has 2 amide bonds. The summed E-state index contributed by atoms with van der Waals surface area (Å²) in [6, 6.07) is 4.77.